The molecule has 0 radical (unpaired) electrons. The van der Waals surface area contributed by atoms with Gasteiger partial charge in [-0.05, 0) is 30.6 Å². The van der Waals surface area contributed by atoms with Gasteiger partial charge in [-0.1, -0.05) is 40.0 Å². The third-order valence-electron chi connectivity index (χ3n) is 4.09. The third kappa shape index (κ3) is 7.93. The first-order valence-corrected chi connectivity index (χ1v) is 8.10. The van der Waals surface area contributed by atoms with E-state index >= 15 is 0 Å². The molecule has 1 aliphatic carbocycles. The molecule has 0 aromatic carbocycles. The number of hydrogen-bond donors (Lipinski definition) is 3. The van der Waals surface area contributed by atoms with E-state index in [4.69, 9.17) is 5.11 Å². The minimum absolute atomic E-state index is 0.0119. The SMILES string of the molecule is CCCCCC(C)(C)CNC(=O)NC(CC(=O)O)C1CC1. The van der Waals surface area contributed by atoms with E-state index in [2.05, 4.69) is 31.4 Å². The summed E-state index contributed by atoms with van der Waals surface area (Å²) in [7, 11) is 0. The maximum Gasteiger partial charge on any atom is 0.315 e. The average Bonchev–Trinajstić information content (AvgIpc) is 3.20. The van der Waals surface area contributed by atoms with Gasteiger partial charge in [0, 0.05) is 12.6 Å². The lowest BCUT2D eigenvalue weighted by molar-refractivity contribution is -0.137. The van der Waals surface area contributed by atoms with E-state index in [9.17, 15) is 9.59 Å². The van der Waals surface area contributed by atoms with E-state index < -0.39 is 5.97 Å². The number of carbonyl (C=O) groups is 2. The zero-order valence-electron chi connectivity index (χ0n) is 13.6. The van der Waals surface area contributed by atoms with Crippen molar-refractivity contribution in [1.82, 2.24) is 10.6 Å². The molecule has 0 aromatic rings. The number of aliphatic carboxylic acids is 1. The summed E-state index contributed by atoms with van der Waals surface area (Å²) in [6.07, 6.45) is 6.72. The Morgan fingerprint density at radius 3 is 2.48 bits per heavy atom. The summed E-state index contributed by atoms with van der Waals surface area (Å²) in [5.41, 5.74) is 0.0778. The van der Waals surface area contributed by atoms with Crippen LogP contribution in [-0.4, -0.2) is 29.7 Å². The number of carbonyl (C=O) groups excluding carboxylic acids is 1. The van der Waals surface area contributed by atoms with Gasteiger partial charge in [0.2, 0.25) is 0 Å². The van der Waals surface area contributed by atoms with Gasteiger partial charge in [-0.2, -0.15) is 0 Å². The van der Waals surface area contributed by atoms with Gasteiger partial charge in [-0.15, -0.1) is 0 Å². The second kappa shape index (κ2) is 8.25. The first-order valence-electron chi connectivity index (χ1n) is 8.10. The topological polar surface area (TPSA) is 78.4 Å². The Hall–Kier alpha value is -1.26. The second-order valence-corrected chi connectivity index (χ2v) is 6.99. The van der Waals surface area contributed by atoms with E-state index in [1.54, 1.807) is 0 Å². The molecule has 1 unspecified atom stereocenters. The van der Waals surface area contributed by atoms with Crippen LogP contribution in [0.4, 0.5) is 4.79 Å². The molecule has 1 rings (SSSR count). The maximum absolute atomic E-state index is 11.9. The molecule has 21 heavy (non-hydrogen) atoms. The Bertz CT molecular complexity index is 351. The predicted molar refractivity (Wildman–Crippen MR) is 83.2 cm³/mol. The second-order valence-electron chi connectivity index (χ2n) is 6.99. The van der Waals surface area contributed by atoms with Crippen LogP contribution in [0, 0.1) is 11.3 Å². The molecule has 0 saturated heterocycles. The van der Waals surface area contributed by atoms with Crippen molar-refractivity contribution >= 4 is 12.0 Å². The highest BCUT2D eigenvalue weighted by Gasteiger charge is 2.33. The highest BCUT2D eigenvalue weighted by atomic mass is 16.4. The fourth-order valence-electron chi connectivity index (χ4n) is 2.50. The highest BCUT2D eigenvalue weighted by Crippen LogP contribution is 2.34. The van der Waals surface area contributed by atoms with Crippen molar-refractivity contribution in [2.75, 3.05) is 6.54 Å². The number of carboxylic acid groups (broad SMARTS) is 1. The summed E-state index contributed by atoms with van der Waals surface area (Å²) in [6.45, 7) is 7.10. The number of amides is 2. The molecule has 1 aliphatic rings. The summed E-state index contributed by atoms with van der Waals surface area (Å²) in [6, 6.07) is -0.470. The Morgan fingerprint density at radius 2 is 1.95 bits per heavy atom. The Balaban J connectivity index is 2.29. The maximum atomic E-state index is 11.9. The summed E-state index contributed by atoms with van der Waals surface area (Å²) in [5.74, 6) is -0.517. The molecule has 1 fully saturated rings. The van der Waals surface area contributed by atoms with Gasteiger partial charge in [0.25, 0.3) is 0 Å². The van der Waals surface area contributed by atoms with Gasteiger partial charge in [0.05, 0.1) is 6.42 Å². The lowest BCUT2D eigenvalue weighted by Gasteiger charge is -2.26. The van der Waals surface area contributed by atoms with E-state index in [1.165, 1.54) is 19.3 Å². The minimum atomic E-state index is -0.855. The minimum Gasteiger partial charge on any atom is -0.481 e. The number of carboxylic acids is 1. The standard InChI is InChI=1S/C16H30N2O3/c1-4-5-6-9-16(2,3)11-17-15(21)18-13(10-14(19)20)12-7-8-12/h12-13H,4-11H2,1-3H3,(H,19,20)(H2,17,18,21). The van der Waals surface area contributed by atoms with Gasteiger partial charge in [-0.25, -0.2) is 4.79 Å². The first-order chi connectivity index (χ1) is 9.84. The van der Waals surface area contributed by atoms with Crippen molar-refractivity contribution in [2.24, 2.45) is 11.3 Å². The molecule has 0 bridgehead atoms. The van der Waals surface area contributed by atoms with Crippen LogP contribution in [-0.2, 0) is 4.79 Å². The molecule has 0 aromatic heterocycles. The summed E-state index contributed by atoms with van der Waals surface area (Å²) in [5, 5.41) is 14.6. The van der Waals surface area contributed by atoms with Crippen LogP contribution in [0.3, 0.4) is 0 Å². The van der Waals surface area contributed by atoms with Crippen LogP contribution in [0.25, 0.3) is 0 Å². The predicted octanol–water partition coefficient (Wildman–Crippen LogP) is 3.15. The summed E-state index contributed by atoms with van der Waals surface area (Å²) in [4.78, 5) is 22.7. The normalized spacial score (nSPS) is 16.3. The van der Waals surface area contributed by atoms with Crippen LogP contribution < -0.4 is 10.6 Å². The van der Waals surface area contributed by atoms with E-state index in [1.807, 2.05) is 0 Å². The molecule has 1 saturated carbocycles. The van der Waals surface area contributed by atoms with Crippen LogP contribution in [0.2, 0.25) is 0 Å². The summed E-state index contributed by atoms with van der Waals surface area (Å²) < 4.78 is 0. The quantitative estimate of drug-likeness (QED) is 0.542. The van der Waals surface area contributed by atoms with E-state index in [0.29, 0.717) is 12.5 Å². The Labute approximate surface area is 127 Å². The van der Waals surface area contributed by atoms with Gasteiger partial charge >= 0.3 is 12.0 Å². The smallest absolute Gasteiger partial charge is 0.315 e. The molecule has 3 N–H and O–H groups in total. The fourth-order valence-corrected chi connectivity index (χ4v) is 2.50. The number of urea groups is 1. The number of hydrogen-bond acceptors (Lipinski definition) is 2. The molecule has 1 atom stereocenters. The molecular formula is C16H30N2O3. The number of rotatable bonds is 10. The van der Waals surface area contributed by atoms with Gasteiger partial charge in [0.15, 0.2) is 0 Å². The molecule has 5 heteroatoms. The zero-order chi connectivity index (χ0) is 15.9. The lowest BCUT2D eigenvalue weighted by Crippen LogP contribution is -2.46. The lowest BCUT2D eigenvalue weighted by atomic mass is 9.87. The molecule has 5 nitrogen and oxygen atoms in total. The average molecular weight is 298 g/mol. The van der Waals surface area contributed by atoms with Crippen molar-refractivity contribution in [3.8, 4) is 0 Å². The van der Waals surface area contributed by atoms with Crippen molar-refractivity contribution < 1.29 is 14.7 Å². The van der Waals surface area contributed by atoms with Gasteiger partial charge in [0.1, 0.15) is 0 Å². The van der Waals surface area contributed by atoms with Crippen LogP contribution in [0.1, 0.15) is 65.7 Å². The molecule has 0 spiro atoms. The molecule has 122 valence electrons. The van der Waals surface area contributed by atoms with E-state index in [0.717, 1.165) is 19.3 Å². The van der Waals surface area contributed by atoms with Crippen LogP contribution in [0.15, 0.2) is 0 Å². The largest absolute Gasteiger partial charge is 0.481 e. The van der Waals surface area contributed by atoms with Crippen molar-refractivity contribution in [3.05, 3.63) is 0 Å². The Kier molecular flexibility index (Phi) is 6.99. The highest BCUT2D eigenvalue weighted by molar-refractivity contribution is 5.75. The van der Waals surface area contributed by atoms with Gasteiger partial charge in [-0.3, -0.25) is 4.79 Å². The van der Waals surface area contributed by atoms with Crippen molar-refractivity contribution in [1.29, 1.82) is 0 Å². The third-order valence-corrected chi connectivity index (χ3v) is 4.09. The molecule has 0 heterocycles. The Morgan fingerprint density at radius 1 is 1.29 bits per heavy atom. The van der Waals surface area contributed by atoms with Crippen LogP contribution in [0.5, 0.6) is 0 Å². The zero-order valence-corrected chi connectivity index (χ0v) is 13.6. The molecular weight excluding hydrogens is 268 g/mol. The first kappa shape index (κ1) is 17.8. The molecule has 0 aliphatic heterocycles. The van der Waals surface area contributed by atoms with Crippen molar-refractivity contribution in [2.45, 2.75) is 71.8 Å². The fraction of sp³-hybridized carbons (Fsp3) is 0.875. The number of nitrogens with one attached hydrogen (secondary N) is 2. The van der Waals surface area contributed by atoms with E-state index in [-0.39, 0.29) is 23.9 Å². The van der Waals surface area contributed by atoms with Crippen LogP contribution >= 0.6 is 0 Å². The van der Waals surface area contributed by atoms with Crippen molar-refractivity contribution in [3.63, 3.8) is 0 Å². The molecule has 2 amide bonds. The monoisotopic (exact) mass is 298 g/mol. The van der Waals surface area contributed by atoms with Gasteiger partial charge < -0.3 is 15.7 Å². The number of unbranched alkanes of at least 4 members (excludes halogenated alkanes) is 2. The summed E-state index contributed by atoms with van der Waals surface area (Å²) >= 11 is 0.